The SMILES string of the molecule is CC1c2ccsc2CCN1CC1(N)CC1. The van der Waals surface area contributed by atoms with Gasteiger partial charge in [-0.25, -0.2) is 0 Å². The summed E-state index contributed by atoms with van der Waals surface area (Å²) in [6, 6.07) is 2.86. The van der Waals surface area contributed by atoms with Crippen molar-refractivity contribution in [2.75, 3.05) is 13.1 Å². The van der Waals surface area contributed by atoms with Crippen molar-refractivity contribution in [2.45, 2.75) is 37.8 Å². The largest absolute Gasteiger partial charge is 0.324 e. The van der Waals surface area contributed by atoms with Crippen molar-refractivity contribution in [3.8, 4) is 0 Å². The number of hydrogen-bond acceptors (Lipinski definition) is 3. The van der Waals surface area contributed by atoms with Gasteiger partial charge in [0.1, 0.15) is 0 Å². The van der Waals surface area contributed by atoms with Crippen molar-refractivity contribution in [3.05, 3.63) is 21.9 Å². The molecule has 2 nitrogen and oxygen atoms in total. The van der Waals surface area contributed by atoms with Crippen LogP contribution in [0.15, 0.2) is 11.4 Å². The van der Waals surface area contributed by atoms with Crippen LogP contribution in [-0.2, 0) is 6.42 Å². The first-order chi connectivity index (χ1) is 7.18. The zero-order chi connectivity index (χ0) is 10.5. The smallest absolute Gasteiger partial charge is 0.0331 e. The number of hydrogen-bond donors (Lipinski definition) is 1. The van der Waals surface area contributed by atoms with E-state index in [-0.39, 0.29) is 5.54 Å². The Hall–Kier alpha value is -0.380. The highest BCUT2D eigenvalue weighted by atomic mass is 32.1. The molecule has 0 saturated heterocycles. The van der Waals surface area contributed by atoms with Gasteiger partial charge in [0.05, 0.1) is 0 Å². The van der Waals surface area contributed by atoms with E-state index in [1.165, 1.54) is 31.4 Å². The maximum atomic E-state index is 6.20. The molecular weight excluding hydrogens is 204 g/mol. The van der Waals surface area contributed by atoms with E-state index < -0.39 is 0 Å². The second-order valence-electron chi connectivity index (χ2n) is 5.06. The molecule has 0 bridgehead atoms. The minimum atomic E-state index is 0.155. The van der Waals surface area contributed by atoms with E-state index in [2.05, 4.69) is 23.3 Å². The number of rotatable bonds is 2. The third kappa shape index (κ3) is 1.73. The molecule has 0 radical (unpaired) electrons. The normalized spacial score (nSPS) is 28.8. The van der Waals surface area contributed by atoms with Gasteiger partial charge in [0, 0.05) is 29.5 Å². The van der Waals surface area contributed by atoms with Crippen LogP contribution in [0, 0.1) is 0 Å². The van der Waals surface area contributed by atoms with E-state index in [0.29, 0.717) is 6.04 Å². The Morgan fingerprint density at radius 1 is 1.60 bits per heavy atom. The van der Waals surface area contributed by atoms with Crippen LogP contribution in [0.4, 0.5) is 0 Å². The third-order valence-electron chi connectivity index (χ3n) is 3.81. The number of fused-ring (bicyclic) bond motifs is 1. The fourth-order valence-electron chi connectivity index (χ4n) is 2.50. The summed E-state index contributed by atoms with van der Waals surface area (Å²) in [7, 11) is 0. The number of nitrogens with two attached hydrogens (primary N) is 1. The summed E-state index contributed by atoms with van der Waals surface area (Å²) in [6.07, 6.45) is 3.65. The van der Waals surface area contributed by atoms with Gasteiger partial charge in [-0.2, -0.15) is 0 Å². The maximum absolute atomic E-state index is 6.20. The molecule has 2 heterocycles. The Balaban J connectivity index is 1.78. The molecule has 1 aliphatic heterocycles. The van der Waals surface area contributed by atoms with E-state index in [4.69, 9.17) is 5.73 Å². The van der Waals surface area contributed by atoms with Crippen molar-refractivity contribution in [1.82, 2.24) is 4.90 Å². The van der Waals surface area contributed by atoms with Crippen molar-refractivity contribution in [1.29, 1.82) is 0 Å². The molecule has 15 heavy (non-hydrogen) atoms. The highest BCUT2D eigenvalue weighted by molar-refractivity contribution is 7.10. The van der Waals surface area contributed by atoms with Crippen LogP contribution in [0.1, 0.15) is 36.2 Å². The molecule has 1 fully saturated rings. The first kappa shape index (κ1) is 9.82. The Morgan fingerprint density at radius 3 is 3.13 bits per heavy atom. The first-order valence-corrected chi connectivity index (χ1v) is 6.65. The third-order valence-corrected chi connectivity index (χ3v) is 4.81. The first-order valence-electron chi connectivity index (χ1n) is 5.77. The van der Waals surface area contributed by atoms with Gasteiger partial charge in [-0.15, -0.1) is 11.3 Å². The minimum Gasteiger partial charge on any atom is -0.324 e. The Bertz CT molecular complexity index is 367. The van der Waals surface area contributed by atoms with Crippen molar-refractivity contribution < 1.29 is 0 Å². The fraction of sp³-hybridized carbons (Fsp3) is 0.667. The molecule has 1 unspecified atom stereocenters. The van der Waals surface area contributed by atoms with Gasteiger partial charge in [0.25, 0.3) is 0 Å². The van der Waals surface area contributed by atoms with Crippen molar-refractivity contribution in [3.63, 3.8) is 0 Å². The van der Waals surface area contributed by atoms with Crippen LogP contribution in [0.5, 0.6) is 0 Å². The summed E-state index contributed by atoms with van der Waals surface area (Å²) < 4.78 is 0. The molecule has 1 aromatic heterocycles. The quantitative estimate of drug-likeness (QED) is 0.831. The molecule has 2 aliphatic rings. The Labute approximate surface area is 95.1 Å². The van der Waals surface area contributed by atoms with Crippen LogP contribution in [0.2, 0.25) is 0 Å². The predicted octanol–water partition coefficient (Wildman–Crippen LogP) is 2.16. The molecular formula is C12H18N2S. The average Bonchev–Trinajstić information content (AvgIpc) is 2.78. The molecule has 2 N–H and O–H groups in total. The van der Waals surface area contributed by atoms with Gasteiger partial charge in [-0.1, -0.05) is 0 Å². The molecule has 3 heteroatoms. The lowest BCUT2D eigenvalue weighted by atomic mass is 10.0. The summed E-state index contributed by atoms with van der Waals surface area (Å²) in [5.41, 5.74) is 7.89. The summed E-state index contributed by atoms with van der Waals surface area (Å²) in [5.74, 6) is 0. The van der Waals surface area contributed by atoms with Crippen LogP contribution in [0.25, 0.3) is 0 Å². The summed E-state index contributed by atoms with van der Waals surface area (Å²) >= 11 is 1.91. The number of thiophene rings is 1. The lowest BCUT2D eigenvalue weighted by Crippen LogP contribution is -2.43. The highest BCUT2D eigenvalue weighted by Crippen LogP contribution is 2.38. The monoisotopic (exact) mass is 222 g/mol. The van der Waals surface area contributed by atoms with Gasteiger partial charge >= 0.3 is 0 Å². The predicted molar refractivity (Wildman–Crippen MR) is 64.2 cm³/mol. The van der Waals surface area contributed by atoms with Crippen molar-refractivity contribution >= 4 is 11.3 Å². The Kier molecular flexibility index (Phi) is 2.16. The zero-order valence-electron chi connectivity index (χ0n) is 9.20. The lowest BCUT2D eigenvalue weighted by Gasteiger charge is -2.35. The second kappa shape index (κ2) is 3.30. The average molecular weight is 222 g/mol. The standard InChI is InChI=1S/C12H18N2S/c1-9-10-3-7-15-11(10)2-6-14(9)8-12(13)4-5-12/h3,7,9H,2,4-6,8,13H2,1H3. The molecule has 82 valence electrons. The summed E-state index contributed by atoms with van der Waals surface area (Å²) in [6.45, 7) is 4.59. The zero-order valence-corrected chi connectivity index (χ0v) is 10.0. The lowest BCUT2D eigenvalue weighted by molar-refractivity contribution is 0.183. The summed E-state index contributed by atoms with van der Waals surface area (Å²) in [5, 5.41) is 2.22. The van der Waals surface area contributed by atoms with E-state index in [1.54, 1.807) is 4.88 Å². The highest BCUT2D eigenvalue weighted by Gasteiger charge is 2.41. The molecule has 1 atom stereocenters. The topological polar surface area (TPSA) is 29.3 Å². The van der Waals surface area contributed by atoms with E-state index in [0.717, 1.165) is 6.54 Å². The molecule has 3 rings (SSSR count). The van der Waals surface area contributed by atoms with Crippen LogP contribution in [-0.4, -0.2) is 23.5 Å². The number of nitrogens with zero attached hydrogens (tertiary/aromatic N) is 1. The van der Waals surface area contributed by atoms with Crippen molar-refractivity contribution in [2.24, 2.45) is 5.73 Å². The van der Waals surface area contributed by atoms with Crippen LogP contribution < -0.4 is 5.73 Å². The van der Waals surface area contributed by atoms with Gasteiger partial charge in [0.15, 0.2) is 0 Å². The van der Waals surface area contributed by atoms with Gasteiger partial charge in [-0.05, 0) is 43.2 Å². The van der Waals surface area contributed by atoms with E-state index in [1.807, 2.05) is 11.3 Å². The summed E-state index contributed by atoms with van der Waals surface area (Å²) in [4.78, 5) is 4.14. The Morgan fingerprint density at radius 2 is 2.40 bits per heavy atom. The molecule has 1 saturated carbocycles. The fourth-order valence-corrected chi connectivity index (χ4v) is 3.46. The van der Waals surface area contributed by atoms with Gasteiger partial charge in [-0.3, -0.25) is 4.90 Å². The van der Waals surface area contributed by atoms with Gasteiger partial charge < -0.3 is 5.73 Å². The van der Waals surface area contributed by atoms with E-state index >= 15 is 0 Å². The van der Waals surface area contributed by atoms with Crippen LogP contribution in [0.3, 0.4) is 0 Å². The molecule has 1 aromatic rings. The molecule has 0 spiro atoms. The molecule has 1 aliphatic carbocycles. The van der Waals surface area contributed by atoms with Gasteiger partial charge in [0.2, 0.25) is 0 Å². The van der Waals surface area contributed by atoms with E-state index in [9.17, 15) is 0 Å². The molecule has 0 amide bonds. The molecule has 0 aromatic carbocycles. The minimum absolute atomic E-state index is 0.155. The van der Waals surface area contributed by atoms with Crippen LogP contribution >= 0.6 is 11.3 Å². The maximum Gasteiger partial charge on any atom is 0.0331 e. The second-order valence-corrected chi connectivity index (χ2v) is 6.06.